The number of aromatic nitrogens is 2. The summed E-state index contributed by atoms with van der Waals surface area (Å²) in [5, 5.41) is 10.5. The predicted octanol–water partition coefficient (Wildman–Crippen LogP) is 1.91. The van der Waals surface area contributed by atoms with Crippen molar-refractivity contribution in [3.8, 4) is 11.5 Å². The van der Waals surface area contributed by atoms with E-state index in [1.807, 2.05) is 4.90 Å². The van der Waals surface area contributed by atoms with Crippen LogP contribution in [0.4, 0.5) is 10.4 Å². The van der Waals surface area contributed by atoms with Crippen molar-refractivity contribution in [3.63, 3.8) is 0 Å². The maximum atomic E-state index is 12.8. The van der Waals surface area contributed by atoms with Crippen molar-refractivity contribution in [2.45, 2.75) is 12.8 Å². The lowest BCUT2D eigenvalue weighted by Gasteiger charge is -2.14. The van der Waals surface area contributed by atoms with Crippen molar-refractivity contribution < 1.29 is 13.6 Å². The minimum Gasteiger partial charge on any atom is -0.403 e. The van der Waals surface area contributed by atoms with Crippen LogP contribution in [0.2, 0.25) is 0 Å². The van der Waals surface area contributed by atoms with Crippen LogP contribution in [0, 0.1) is 5.82 Å². The minimum atomic E-state index is -0.326. The van der Waals surface area contributed by atoms with Gasteiger partial charge >= 0.3 is 6.01 Å². The Hall–Kier alpha value is -2.44. The van der Waals surface area contributed by atoms with Crippen molar-refractivity contribution >= 4 is 11.9 Å². The monoisotopic (exact) mass is 290 g/mol. The molecule has 0 spiro atoms. The first kappa shape index (κ1) is 13.5. The summed E-state index contributed by atoms with van der Waals surface area (Å²) in [5.41, 5.74) is 0.628. The number of anilines is 1. The average Bonchev–Trinajstić information content (AvgIpc) is 3.17. The van der Waals surface area contributed by atoms with Crippen molar-refractivity contribution in [1.82, 2.24) is 15.1 Å². The van der Waals surface area contributed by atoms with E-state index in [9.17, 15) is 9.18 Å². The SMILES string of the molecule is O=C(CNc1nnc(-c2ccc(F)cc2)o1)N1CCCC1. The first-order chi connectivity index (χ1) is 10.2. The number of benzene rings is 1. The van der Waals surface area contributed by atoms with Crippen LogP contribution in [0.3, 0.4) is 0 Å². The average molecular weight is 290 g/mol. The summed E-state index contributed by atoms with van der Waals surface area (Å²) in [6.07, 6.45) is 2.11. The second-order valence-corrected chi connectivity index (χ2v) is 4.86. The largest absolute Gasteiger partial charge is 0.403 e. The second kappa shape index (κ2) is 5.90. The Morgan fingerprint density at radius 1 is 1.24 bits per heavy atom. The molecule has 1 N–H and O–H groups in total. The van der Waals surface area contributed by atoms with E-state index in [-0.39, 0.29) is 30.2 Å². The first-order valence-electron chi connectivity index (χ1n) is 6.83. The minimum absolute atomic E-state index is 0.0223. The Morgan fingerprint density at radius 2 is 1.95 bits per heavy atom. The van der Waals surface area contributed by atoms with Gasteiger partial charge in [-0.1, -0.05) is 5.10 Å². The Bertz CT molecular complexity index is 620. The molecular weight excluding hydrogens is 275 g/mol. The third kappa shape index (κ3) is 3.18. The number of nitrogens with one attached hydrogen (secondary N) is 1. The van der Waals surface area contributed by atoms with Crippen LogP contribution >= 0.6 is 0 Å². The fourth-order valence-corrected chi connectivity index (χ4v) is 2.23. The first-order valence-corrected chi connectivity index (χ1v) is 6.83. The maximum Gasteiger partial charge on any atom is 0.316 e. The van der Waals surface area contributed by atoms with E-state index in [1.165, 1.54) is 12.1 Å². The summed E-state index contributed by atoms with van der Waals surface area (Å²) in [7, 11) is 0. The van der Waals surface area contributed by atoms with E-state index < -0.39 is 0 Å². The van der Waals surface area contributed by atoms with Gasteiger partial charge in [0.05, 0.1) is 6.54 Å². The molecule has 0 unspecified atom stereocenters. The number of hydrogen-bond acceptors (Lipinski definition) is 5. The molecule has 1 amide bonds. The lowest BCUT2D eigenvalue weighted by molar-refractivity contribution is -0.128. The molecule has 2 heterocycles. The zero-order valence-corrected chi connectivity index (χ0v) is 11.4. The van der Waals surface area contributed by atoms with Crippen LogP contribution in [0.25, 0.3) is 11.5 Å². The zero-order chi connectivity index (χ0) is 14.7. The van der Waals surface area contributed by atoms with Crippen LogP contribution in [0.5, 0.6) is 0 Å². The highest BCUT2D eigenvalue weighted by Crippen LogP contribution is 2.19. The summed E-state index contributed by atoms with van der Waals surface area (Å²) in [6.45, 7) is 1.75. The van der Waals surface area contributed by atoms with Gasteiger partial charge in [0.1, 0.15) is 5.82 Å². The third-order valence-corrected chi connectivity index (χ3v) is 3.37. The predicted molar refractivity (Wildman–Crippen MR) is 74.0 cm³/mol. The molecule has 6 nitrogen and oxygen atoms in total. The van der Waals surface area contributed by atoms with E-state index in [0.29, 0.717) is 5.56 Å². The number of halogens is 1. The fourth-order valence-electron chi connectivity index (χ4n) is 2.23. The van der Waals surface area contributed by atoms with E-state index in [2.05, 4.69) is 15.5 Å². The standard InChI is InChI=1S/C14H15FN4O2/c15-11-5-3-10(4-6-11)13-17-18-14(21-13)16-9-12(20)19-7-1-2-8-19/h3-6H,1-2,7-9H2,(H,16,18). The summed E-state index contributed by atoms with van der Waals surface area (Å²) < 4.78 is 18.2. The molecular formula is C14H15FN4O2. The number of carbonyl (C=O) groups is 1. The van der Waals surface area contributed by atoms with Gasteiger partial charge in [0.2, 0.25) is 11.8 Å². The number of nitrogens with zero attached hydrogens (tertiary/aromatic N) is 3. The van der Waals surface area contributed by atoms with Crippen LogP contribution in [-0.4, -0.2) is 40.6 Å². The molecule has 0 bridgehead atoms. The molecule has 110 valence electrons. The number of hydrogen-bond donors (Lipinski definition) is 1. The summed E-state index contributed by atoms with van der Waals surface area (Å²) in [5.74, 6) is -0.0204. The molecule has 0 aliphatic carbocycles. The lowest BCUT2D eigenvalue weighted by Crippen LogP contribution is -2.33. The topological polar surface area (TPSA) is 71.3 Å². The van der Waals surface area contributed by atoms with Gasteiger partial charge in [0.15, 0.2) is 0 Å². The van der Waals surface area contributed by atoms with Gasteiger partial charge in [-0.2, -0.15) is 0 Å². The Morgan fingerprint density at radius 3 is 2.67 bits per heavy atom. The fraction of sp³-hybridized carbons (Fsp3) is 0.357. The smallest absolute Gasteiger partial charge is 0.316 e. The van der Waals surface area contributed by atoms with Crippen LogP contribution in [0.1, 0.15) is 12.8 Å². The highest BCUT2D eigenvalue weighted by molar-refractivity contribution is 5.80. The van der Waals surface area contributed by atoms with Gasteiger partial charge in [-0.15, -0.1) is 5.10 Å². The molecule has 0 atom stereocenters. The van der Waals surface area contributed by atoms with Crippen LogP contribution in [0.15, 0.2) is 28.7 Å². The highest BCUT2D eigenvalue weighted by Gasteiger charge is 2.18. The van der Waals surface area contributed by atoms with Crippen molar-refractivity contribution in [2.75, 3.05) is 25.0 Å². The normalized spacial score (nSPS) is 14.4. The Kier molecular flexibility index (Phi) is 3.81. The van der Waals surface area contributed by atoms with E-state index >= 15 is 0 Å². The molecule has 2 aromatic rings. The van der Waals surface area contributed by atoms with Gasteiger partial charge in [0.25, 0.3) is 0 Å². The molecule has 0 saturated carbocycles. The zero-order valence-electron chi connectivity index (χ0n) is 11.4. The van der Waals surface area contributed by atoms with E-state index in [4.69, 9.17) is 4.42 Å². The highest BCUT2D eigenvalue weighted by atomic mass is 19.1. The molecule has 1 saturated heterocycles. The molecule has 1 aromatic carbocycles. The second-order valence-electron chi connectivity index (χ2n) is 4.86. The lowest BCUT2D eigenvalue weighted by atomic mass is 10.2. The number of rotatable bonds is 4. The van der Waals surface area contributed by atoms with Gasteiger partial charge in [-0.05, 0) is 37.1 Å². The quantitative estimate of drug-likeness (QED) is 0.931. The van der Waals surface area contributed by atoms with Gasteiger partial charge in [0, 0.05) is 18.7 Å². The van der Waals surface area contributed by atoms with Gasteiger partial charge in [-0.3, -0.25) is 4.79 Å². The number of amides is 1. The number of likely N-dealkylation sites (tertiary alicyclic amines) is 1. The van der Waals surface area contributed by atoms with E-state index in [1.54, 1.807) is 12.1 Å². The summed E-state index contributed by atoms with van der Waals surface area (Å²) in [4.78, 5) is 13.7. The van der Waals surface area contributed by atoms with Crippen molar-refractivity contribution in [1.29, 1.82) is 0 Å². The third-order valence-electron chi connectivity index (χ3n) is 3.37. The molecule has 1 aliphatic rings. The summed E-state index contributed by atoms with van der Waals surface area (Å²) >= 11 is 0. The molecule has 3 rings (SSSR count). The molecule has 0 radical (unpaired) electrons. The van der Waals surface area contributed by atoms with Crippen LogP contribution < -0.4 is 5.32 Å². The maximum absolute atomic E-state index is 12.8. The Balaban J connectivity index is 1.60. The molecule has 1 aromatic heterocycles. The molecule has 7 heteroatoms. The van der Waals surface area contributed by atoms with Gasteiger partial charge in [-0.25, -0.2) is 4.39 Å². The summed E-state index contributed by atoms with van der Waals surface area (Å²) in [6, 6.07) is 5.94. The van der Waals surface area contributed by atoms with Gasteiger partial charge < -0.3 is 14.6 Å². The molecule has 1 aliphatic heterocycles. The van der Waals surface area contributed by atoms with Crippen LogP contribution in [-0.2, 0) is 4.79 Å². The molecule has 21 heavy (non-hydrogen) atoms. The van der Waals surface area contributed by atoms with Crippen molar-refractivity contribution in [3.05, 3.63) is 30.1 Å². The Labute approximate surface area is 121 Å². The van der Waals surface area contributed by atoms with Crippen molar-refractivity contribution in [2.24, 2.45) is 0 Å². The molecule has 1 fully saturated rings. The van der Waals surface area contributed by atoms with E-state index in [0.717, 1.165) is 25.9 Å². The number of carbonyl (C=O) groups excluding carboxylic acids is 1.